The van der Waals surface area contributed by atoms with Gasteiger partial charge in [0.15, 0.2) is 0 Å². The van der Waals surface area contributed by atoms with Gasteiger partial charge in [0.1, 0.15) is 5.82 Å². The maximum atomic E-state index is 11.2. The Morgan fingerprint density at radius 3 is 2.38 bits per heavy atom. The summed E-state index contributed by atoms with van der Waals surface area (Å²) in [4.78, 5) is 33.4. The van der Waals surface area contributed by atoms with Crippen LogP contribution in [0.4, 0.5) is 23.4 Å². The van der Waals surface area contributed by atoms with Gasteiger partial charge in [-0.3, -0.25) is 0 Å². The molecule has 0 atom stereocenters. The van der Waals surface area contributed by atoms with Crippen molar-refractivity contribution in [2.45, 2.75) is 6.42 Å². The number of carbonyl (C=O) groups is 1. The number of rotatable bonds is 4. The van der Waals surface area contributed by atoms with E-state index in [-0.39, 0.29) is 41.1 Å². The van der Waals surface area contributed by atoms with Crippen molar-refractivity contribution in [3.63, 3.8) is 0 Å². The minimum absolute atomic E-state index is 0. The number of aromatic nitrogens is 4. The van der Waals surface area contributed by atoms with Gasteiger partial charge in [-0.15, -0.1) is 0 Å². The van der Waals surface area contributed by atoms with E-state index in [1.54, 1.807) is 36.7 Å². The summed E-state index contributed by atoms with van der Waals surface area (Å²) < 4.78 is 5.47. The molecular weight excluding hydrogens is 421 g/mol. The summed E-state index contributed by atoms with van der Waals surface area (Å²) in [6.07, 6.45) is 4.11. The fraction of sp³-hybridized carbons (Fsp3) is 0.286. The van der Waals surface area contributed by atoms with Gasteiger partial charge in [-0.05, 0) is 30.7 Å². The first kappa shape index (κ1) is 22.4. The molecule has 32 heavy (non-hydrogen) atoms. The topological polar surface area (TPSA) is 131 Å². The van der Waals surface area contributed by atoms with Crippen LogP contribution in [-0.2, 0) is 11.2 Å². The Kier molecular flexibility index (Phi) is 6.56. The number of hydrogen-bond donors (Lipinski definition) is 2. The molecule has 159 valence electrons. The summed E-state index contributed by atoms with van der Waals surface area (Å²) in [5, 5.41) is 9.19. The SMILES string of the molecule is Nc1ncc(-c2nc(N3CCOCC3)nc3c2CCN3c2ccc(C(=O)O)cc2)cn1.[Na]. The van der Waals surface area contributed by atoms with Gasteiger partial charge in [0, 0.05) is 78.4 Å². The van der Waals surface area contributed by atoms with E-state index >= 15 is 0 Å². The summed E-state index contributed by atoms with van der Waals surface area (Å²) in [5.41, 5.74) is 9.38. The van der Waals surface area contributed by atoms with Crippen molar-refractivity contribution in [2.75, 3.05) is 48.4 Å². The molecule has 0 unspecified atom stereocenters. The molecule has 2 aromatic heterocycles. The number of fused-ring (bicyclic) bond motifs is 1. The molecule has 3 N–H and O–H groups in total. The van der Waals surface area contributed by atoms with Crippen LogP contribution in [0.3, 0.4) is 0 Å². The Bertz CT molecular complexity index is 1120. The third kappa shape index (κ3) is 4.26. The molecule has 2 aliphatic heterocycles. The zero-order chi connectivity index (χ0) is 21.4. The Morgan fingerprint density at radius 2 is 1.72 bits per heavy atom. The summed E-state index contributed by atoms with van der Waals surface area (Å²) in [7, 11) is 0. The average Bonchev–Trinajstić information content (AvgIpc) is 3.24. The fourth-order valence-corrected chi connectivity index (χ4v) is 3.88. The standard InChI is InChI=1S/C21H21N7O3.Na/c22-20-23-11-14(12-24-20)17-16-5-6-28(15-3-1-13(2-4-15)19(29)30)18(16)26-21(25-17)27-7-9-31-10-8-27;/h1-4,11-12H,5-10H2,(H,29,30)(H2,22,23,24);. The van der Waals surface area contributed by atoms with Crippen LogP contribution in [-0.4, -0.2) is 93.4 Å². The Labute approximate surface area is 206 Å². The van der Waals surface area contributed by atoms with Crippen molar-refractivity contribution in [2.24, 2.45) is 0 Å². The van der Waals surface area contributed by atoms with Crippen molar-refractivity contribution in [3.8, 4) is 11.3 Å². The van der Waals surface area contributed by atoms with E-state index in [9.17, 15) is 9.90 Å². The van der Waals surface area contributed by atoms with Crippen molar-refractivity contribution in [1.29, 1.82) is 0 Å². The van der Waals surface area contributed by atoms with Gasteiger partial charge in [0.05, 0.1) is 24.5 Å². The summed E-state index contributed by atoms with van der Waals surface area (Å²) >= 11 is 0. The smallest absolute Gasteiger partial charge is 0.335 e. The molecule has 1 fully saturated rings. The molecule has 1 aromatic carbocycles. The summed E-state index contributed by atoms with van der Waals surface area (Å²) in [6.45, 7) is 3.39. The second-order valence-electron chi connectivity index (χ2n) is 7.36. The molecule has 0 saturated carbocycles. The van der Waals surface area contributed by atoms with E-state index in [0.29, 0.717) is 38.8 Å². The van der Waals surface area contributed by atoms with Crippen LogP contribution in [0, 0.1) is 0 Å². The van der Waals surface area contributed by atoms with E-state index in [0.717, 1.165) is 34.7 Å². The molecular formula is C21H21N7NaO3. The molecule has 4 heterocycles. The van der Waals surface area contributed by atoms with Crippen LogP contribution >= 0.6 is 0 Å². The molecule has 0 amide bonds. The predicted molar refractivity (Wildman–Crippen MR) is 120 cm³/mol. The number of carboxylic acid groups (broad SMARTS) is 1. The van der Waals surface area contributed by atoms with Crippen molar-refractivity contribution in [3.05, 3.63) is 47.8 Å². The molecule has 0 aliphatic carbocycles. The van der Waals surface area contributed by atoms with Gasteiger partial charge in [-0.2, -0.15) is 4.98 Å². The van der Waals surface area contributed by atoms with E-state index in [1.807, 2.05) is 0 Å². The first-order chi connectivity index (χ1) is 15.1. The monoisotopic (exact) mass is 442 g/mol. The van der Waals surface area contributed by atoms with Crippen LogP contribution < -0.4 is 15.5 Å². The Hall–Kier alpha value is -2.79. The zero-order valence-corrected chi connectivity index (χ0v) is 19.7. The van der Waals surface area contributed by atoms with Gasteiger partial charge >= 0.3 is 5.97 Å². The quantitative estimate of drug-likeness (QED) is 0.571. The van der Waals surface area contributed by atoms with E-state index in [4.69, 9.17) is 20.4 Å². The Morgan fingerprint density at radius 1 is 1.03 bits per heavy atom. The van der Waals surface area contributed by atoms with Crippen LogP contribution in [0.25, 0.3) is 11.3 Å². The Balaban J connectivity index is 0.00000245. The minimum Gasteiger partial charge on any atom is -0.478 e. The number of aromatic carboxylic acids is 1. The van der Waals surface area contributed by atoms with Crippen molar-refractivity contribution in [1.82, 2.24) is 19.9 Å². The molecule has 2 aliphatic rings. The van der Waals surface area contributed by atoms with Crippen molar-refractivity contribution >= 4 is 58.9 Å². The van der Waals surface area contributed by atoms with Gasteiger partial charge in [-0.1, -0.05) is 0 Å². The molecule has 11 heteroatoms. The first-order valence-corrected chi connectivity index (χ1v) is 10.0. The minimum atomic E-state index is -0.948. The van der Waals surface area contributed by atoms with Crippen LogP contribution in [0.1, 0.15) is 15.9 Å². The number of carboxylic acids is 1. The number of nitrogens with two attached hydrogens (primary N) is 1. The molecule has 0 spiro atoms. The predicted octanol–water partition coefficient (Wildman–Crippen LogP) is 1.36. The van der Waals surface area contributed by atoms with Gasteiger partial charge in [-0.25, -0.2) is 19.7 Å². The normalized spacial score (nSPS) is 15.2. The zero-order valence-electron chi connectivity index (χ0n) is 17.7. The third-order valence-corrected chi connectivity index (χ3v) is 5.48. The second-order valence-corrected chi connectivity index (χ2v) is 7.36. The van der Waals surface area contributed by atoms with E-state index in [1.165, 1.54) is 0 Å². The van der Waals surface area contributed by atoms with Gasteiger partial charge in [0.2, 0.25) is 11.9 Å². The van der Waals surface area contributed by atoms with Crippen LogP contribution in [0.5, 0.6) is 0 Å². The number of morpholine rings is 1. The van der Waals surface area contributed by atoms with Crippen LogP contribution in [0.2, 0.25) is 0 Å². The number of benzene rings is 1. The van der Waals surface area contributed by atoms with Crippen molar-refractivity contribution < 1.29 is 14.6 Å². The van der Waals surface area contributed by atoms with Gasteiger partial charge in [0.25, 0.3) is 0 Å². The fourth-order valence-electron chi connectivity index (χ4n) is 3.88. The number of nitrogen functional groups attached to an aromatic ring is 1. The average molecular weight is 442 g/mol. The molecule has 1 saturated heterocycles. The van der Waals surface area contributed by atoms with Gasteiger partial charge < -0.3 is 25.4 Å². The van der Waals surface area contributed by atoms with E-state index < -0.39 is 5.97 Å². The number of ether oxygens (including phenoxy) is 1. The maximum Gasteiger partial charge on any atom is 0.335 e. The summed E-state index contributed by atoms with van der Waals surface area (Å²) in [5.74, 6) is 0.702. The maximum absolute atomic E-state index is 11.2. The number of nitrogens with zero attached hydrogens (tertiary/aromatic N) is 6. The molecule has 5 rings (SSSR count). The molecule has 3 aromatic rings. The van der Waals surface area contributed by atoms with E-state index in [2.05, 4.69) is 19.8 Å². The molecule has 10 nitrogen and oxygen atoms in total. The summed E-state index contributed by atoms with van der Waals surface area (Å²) in [6, 6.07) is 6.82. The molecule has 1 radical (unpaired) electrons. The van der Waals surface area contributed by atoms with Crippen LogP contribution in [0.15, 0.2) is 36.7 Å². The number of anilines is 4. The first-order valence-electron chi connectivity index (χ1n) is 10.0. The largest absolute Gasteiger partial charge is 0.478 e. The second kappa shape index (κ2) is 9.37. The third-order valence-electron chi connectivity index (χ3n) is 5.48. The molecule has 0 bridgehead atoms. The number of hydrogen-bond acceptors (Lipinski definition) is 9.